The molecule has 16 heavy (non-hydrogen) atoms. The Morgan fingerprint density at radius 1 is 1.62 bits per heavy atom. The molecule has 0 N–H and O–H groups in total. The minimum absolute atomic E-state index is 0.0836. The summed E-state index contributed by atoms with van der Waals surface area (Å²) in [6.45, 7) is 6.61. The Morgan fingerprint density at radius 3 is 2.75 bits per heavy atom. The SMILES string of the molecule is Cc1nc(CN(C(=O)C(C)C)C2CC2)cs1. The van der Waals surface area contributed by atoms with Crippen molar-refractivity contribution in [3.05, 3.63) is 16.1 Å². The molecular weight excluding hydrogens is 220 g/mol. The van der Waals surface area contributed by atoms with Crippen LogP contribution >= 0.6 is 11.3 Å². The molecule has 1 aromatic rings. The molecule has 0 spiro atoms. The van der Waals surface area contributed by atoms with Crippen LogP contribution in [0.4, 0.5) is 0 Å². The van der Waals surface area contributed by atoms with Gasteiger partial charge in [-0.25, -0.2) is 4.98 Å². The molecule has 0 bridgehead atoms. The zero-order valence-electron chi connectivity index (χ0n) is 10.1. The molecule has 1 heterocycles. The molecule has 0 unspecified atom stereocenters. The summed E-state index contributed by atoms with van der Waals surface area (Å²) in [6, 6.07) is 0.469. The van der Waals surface area contributed by atoms with Gasteiger partial charge in [0.05, 0.1) is 17.2 Å². The van der Waals surface area contributed by atoms with Gasteiger partial charge >= 0.3 is 0 Å². The minimum atomic E-state index is 0.0836. The van der Waals surface area contributed by atoms with E-state index in [9.17, 15) is 4.79 Å². The first-order valence-electron chi connectivity index (χ1n) is 5.79. The van der Waals surface area contributed by atoms with Crippen LogP contribution < -0.4 is 0 Å². The summed E-state index contributed by atoms with van der Waals surface area (Å²) in [5.74, 6) is 0.341. The van der Waals surface area contributed by atoms with Crippen LogP contribution in [0.15, 0.2) is 5.38 Å². The molecule has 0 aromatic carbocycles. The van der Waals surface area contributed by atoms with Crippen molar-refractivity contribution in [1.29, 1.82) is 0 Å². The predicted molar refractivity (Wildman–Crippen MR) is 65.3 cm³/mol. The van der Waals surface area contributed by atoms with E-state index in [1.165, 1.54) is 0 Å². The van der Waals surface area contributed by atoms with Crippen LogP contribution in [-0.2, 0) is 11.3 Å². The van der Waals surface area contributed by atoms with Crippen LogP contribution in [0.25, 0.3) is 0 Å². The molecule has 88 valence electrons. The first-order chi connectivity index (χ1) is 7.58. The third kappa shape index (κ3) is 2.61. The number of aryl methyl sites for hydroxylation is 1. The number of nitrogens with zero attached hydrogens (tertiary/aromatic N) is 2. The second-order valence-corrected chi connectivity index (χ2v) is 5.77. The molecule has 2 rings (SSSR count). The van der Waals surface area contributed by atoms with E-state index in [1.54, 1.807) is 11.3 Å². The number of hydrogen-bond acceptors (Lipinski definition) is 3. The van der Waals surface area contributed by atoms with E-state index in [4.69, 9.17) is 0 Å². The first kappa shape index (κ1) is 11.6. The van der Waals surface area contributed by atoms with E-state index in [-0.39, 0.29) is 11.8 Å². The molecule has 0 radical (unpaired) electrons. The number of carbonyl (C=O) groups excluding carboxylic acids is 1. The fraction of sp³-hybridized carbons (Fsp3) is 0.667. The van der Waals surface area contributed by atoms with Crippen LogP contribution in [0.3, 0.4) is 0 Å². The van der Waals surface area contributed by atoms with Crippen LogP contribution in [0.5, 0.6) is 0 Å². The Bertz CT molecular complexity index is 382. The monoisotopic (exact) mass is 238 g/mol. The van der Waals surface area contributed by atoms with Gasteiger partial charge in [-0.1, -0.05) is 13.8 Å². The fourth-order valence-electron chi connectivity index (χ4n) is 1.76. The van der Waals surface area contributed by atoms with E-state index in [0.717, 1.165) is 23.5 Å². The Morgan fingerprint density at radius 2 is 2.31 bits per heavy atom. The van der Waals surface area contributed by atoms with Crippen molar-refractivity contribution in [3.63, 3.8) is 0 Å². The van der Waals surface area contributed by atoms with Gasteiger partial charge in [0.15, 0.2) is 0 Å². The van der Waals surface area contributed by atoms with Gasteiger partial charge < -0.3 is 4.90 Å². The number of thiazole rings is 1. The van der Waals surface area contributed by atoms with Crippen molar-refractivity contribution >= 4 is 17.2 Å². The number of carbonyl (C=O) groups is 1. The van der Waals surface area contributed by atoms with E-state index >= 15 is 0 Å². The third-order valence-corrected chi connectivity index (χ3v) is 3.59. The van der Waals surface area contributed by atoms with Gasteiger partial charge in [-0.3, -0.25) is 4.79 Å². The minimum Gasteiger partial charge on any atom is -0.334 e. The highest BCUT2D eigenvalue weighted by Crippen LogP contribution is 2.29. The van der Waals surface area contributed by atoms with Crippen molar-refractivity contribution in [3.8, 4) is 0 Å². The standard InChI is InChI=1S/C12H18N2OS/c1-8(2)12(15)14(11-4-5-11)6-10-7-16-9(3)13-10/h7-8,11H,4-6H2,1-3H3. The van der Waals surface area contributed by atoms with Gasteiger partial charge in [0.25, 0.3) is 0 Å². The molecule has 1 amide bonds. The van der Waals surface area contributed by atoms with Gasteiger partial charge in [-0.05, 0) is 19.8 Å². The molecule has 3 nitrogen and oxygen atoms in total. The molecule has 1 saturated carbocycles. The molecule has 1 fully saturated rings. The second-order valence-electron chi connectivity index (χ2n) is 4.71. The largest absolute Gasteiger partial charge is 0.334 e. The number of amides is 1. The average Bonchev–Trinajstić information content (AvgIpc) is 2.98. The highest BCUT2D eigenvalue weighted by molar-refractivity contribution is 7.09. The van der Waals surface area contributed by atoms with Crippen LogP contribution in [-0.4, -0.2) is 21.8 Å². The summed E-state index contributed by atoms with van der Waals surface area (Å²) >= 11 is 1.65. The number of hydrogen-bond donors (Lipinski definition) is 0. The number of rotatable bonds is 4. The van der Waals surface area contributed by atoms with Crippen LogP contribution in [0.2, 0.25) is 0 Å². The fourth-order valence-corrected chi connectivity index (χ4v) is 2.36. The summed E-state index contributed by atoms with van der Waals surface area (Å²) < 4.78 is 0. The third-order valence-electron chi connectivity index (χ3n) is 2.76. The lowest BCUT2D eigenvalue weighted by molar-refractivity contribution is -0.135. The topological polar surface area (TPSA) is 33.2 Å². The second kappa shape index (κ2) is 4.53. The van der Waals surface area contributed by atoms with Crippen LogP contribution in [0.1, 0.15) is 37.4 Å². The lowest BCUT2D eigenvalue weighted by Crippen LogP contribution is -2.35. The molecule has 1 aromatic heterocycles. The van der Waals surface area contributed by atoms with Gasteiger partial charge in [-0.2, -0.15) is 0 Å². The molecule has 1 aliphatic rings. The molecule has 0 atom stereocenters. The Balaban J connectivity index is 2.06. The highest BCUT2D eigenvalue weighted by atomic mass is 32.1. The van der Waals surface area contributed by atoms with E-state index < -0.39 is 0 Å². The smallest absolute Gasteiger partial charge is 0.225 e. The van der Waals surface area contributed by atoms with Crippen molar-refractivity contribution in [2.45, 2.75) is 46.2 Å². The molecule has 1 aliphatic carbocycles. The van der Waals surface area contributed by atoms with Gasteiger partial charge in [0.1, 0.15) is 0 Å². The molecular formula is C12H18N2OS. The molecule has 4 heteroatoms. The van der Waals surface area contributed by atoms with E-state index in [0.29, 0.717) is 12.6 Å². The lowest BCUT2D eigenvalue weighted by atomic mass is 10.2. The maximum Gasteiger partial charge on any atom is 0.225 e. The number of aromatic nitrogens is 1. The average molecular weight is 238 g/mol. The summed E-state index contributed by atoms with van der Waals surface area (Å²) in [5.41, 5.74) is 1.03. The quantitative estimate of drug-likeness (QED) is 0.808. The molecule has 0 aliphatic heterocycles. The highest BCUT2D eigenvalue weighted by Gasteiger charge is 2.33. The summed E-state index contributed by atoms with van der Waals surface area (Å²) in [7, 11) is 0. The van der Waals surface area contributed by atoms with Crippen LogP contribution in [0, 0.1) is 12.8 Å². The van der Waals surface area contributed by atoms with E-state index in [1.807, 2.05) is 25.7 Å². The van der Waals surface area contributed by atoms with Gasteiger partial charge in [0.2, 0.25) is 5.91 Å². The lowest BCUT2D eigenvalue weighted by Gasteiger charge is -2.23. The summed E-state index contributed by atoms with van der Waals surface area (Å²) in [4.78, 5) is 18.5. The Hall–Kier alpha value is -0.900. The predicted octanol–water partition coefficient (Wildman–Crippen LogP) is 2.60. The Labute approximate surface area is 100 Å². The van der Waals surface area contributed by atoms with Gasteiger partial charge in [0, 0.05) is 17.3 Å². The van der Waals surface area contributed by atoms with Crippen molar-refractivity contribution in [1.82, 2.24) is 9.88 Å². The summed E-state index contributed by atoms with van der Waals surface area (Å²) in [6.07, 6.45) is 2.31. The van der Waals surface area contributed by atoms with Crippen molar-refractivity contribution in [2.24, 2.45) is 5.92 Å². The maximum atomic E-state index is 12.0. The Kier molecular flexibility index (Phi) is 3.28. The maximum absolute atomic E-state index is 12.0. The van der Waals surface area contributed by atoms with Crippen molar-refractivity contribution in [2.75, 3.05) is 0 Å². The first-order valence-corrected chi connectivity index (χ1v) is 6.67. The summed E-state index contributed by atoms with van der Waals surface area (Å²) in [5, 5.41) is 3.13. The van der Waals surface area contributed by atoms with Gasteiger partial charge in [-0.15, -0.1) is 11.3 Å². The zero-order chi connectivity index (χ0) is 11.7. The normalized spacial score (nSPS) is 15.5. The van der Waals surface area contributed by atoms with E-state index in [2.05, 4.69) is 10.4 Å². The zero-order valence-corrected chi connectivity index (χ0v) is 10.9. The van der Waals surface area contributed by atoms with Crippen molar-refractivity contribution < 1.29 is 4.79 Å². The molecule has 0 saturated heterocycles.